The van der Waals surface area contributed by atoms with Crippen molar-refractivity contribution >= 4 is 35.3 Å². The van der Waals surface area contributed by atoms with Gasteiger partial charge in [0.1, 0.15) is 5.75 Å². The van der Waals surface area contributed by atoms with E-state index >= 15 is 0 Å². The number of nitrogens with one attached hydrogen (secondary N) is 3. The molecular formula is C27H28N4O4. The number of carbonyl (C=O) groups is 3. The van der Waals surface area contributed by atoms with Gasteiger partial charge in [-0.15, -0.1) is 0 Å². The molecule has 3 aromatic rings. The number of benzene rings is 3. The largest absolute Gasteiger partial charge is 0.484 e. The predicted molar refractivity (Wildman–Crippen MR) is 137 cm³/mol. The fourth-order valence-electron chi connectivity index (χ4n) is 3.48. The first kappa shape index (κ1) is 25.2. The van der Waals surface area contributed by atoms with Gasteiger partial charge in [-0.2, -0.15) is 5.10 Å². The van der Waals surface area contributed by atoms with E-state index in [0.717, 1.165) is 27.9 Å². The Hall–Kier alpha value is -4.46. The third-order valence-electron chi connectivity index (χ3n) is 5.05. The van der Waals surface area contributed by atoms with Crippen LogP contribution < -0.4 is 20.8 Å². The average molecular weight is 473 g/mol. The van der Waals surface area contributed by atoms with E-state index in [1.54, 1.807) is 42.5 Å². The lowest BCUT2D eigenvalue weighted by Gasteiger charge is -2.13. The van der Waals surface area contributed by atoms with Crippen LogP contribution in [0.4, 0.5) is 11.4 Å². The lowest BCUT2D eigenvalue weighted by atomic mass is 10.1. The SMILES string of the molecule is Cc1cccc(NC(=O)C(=O)N/N=C\c2ccc(OCC(=O)Nc3c(C)cc(C)cc3C)cc2)c1. The number of hydrazone groups is 1. The third kappa shape index (κ3) is 7.53. The molecule has 8 heteroatoms. The van der Waals surface area contributed by atoms with Crippen molar-refractivity contribution in [3.8, 4) is 5.75 Å². The molecule has 0 radical (unpaired) electrons. The molecule has 35 heavy (non-hydrogen) atoms. The first-order valence-electron chi connectivity index (χ1n) is 11.0. The molecule has 0 atom stereocenters. The van der Waals surface area contributed by atoms with E-state index in [-0.39, 0.29) is 12.5 Å². The van der Waals surface area contributed by atoms with E-state index in [9.17, 15) is 14.4 Å². The zero-order valence-corrected chi connectivity index (χ0v) is 20.1. The molecule has 3 aromatic carbocycles. The van der Waals surface area contributed by atoms with E-state index in [0.29, 0.717) is 17.0 Å². The van der Waals surface area contributed by atoms with Crippen molar-refractivity contribution in [2.75, 3.05) is 17.2 Å². The van der Waals surface area contributed by atoms with E-state index in [1.165, 1.54) is 6.21 Å². The summed E-state index contributed by atoms with van der Waals surface area (Å²) in [6.45, 7) is 7.68. The van der Waals surface area contributed by atoms with E-state index in [1.807, 2.05) is 45.9 Å². The molecule has 180 valence electrons. The van der Waals surface area contributed by atoms with E-state index in [2.05, 4.69) is 21.2 Å². The van der Waals surface area contributed by atoms with Crippen molar-refractivity contribution in [2.24, 2.45) is 5.10 Å². The summed E-state index contributed by atoms with van der Waals surface area (Å²) in [5.41, 5.74) is 8.29. The fraction of sp³-hybridized carbons (Fsp3) is 0.185. The van der Waals surface area contributed by atoms with Gasteiger partial charge in [0.05, 0.1) is 6.21 Å². The Morgan fingerprint density at radius 3 is 2.17 bits per heavy atom. The van der Waals surface area contributed by atoms with Crippen molar-refractivity contribution < 1.29 is 19.1 Å². The topological polar surface area (TPSA) is 109 Å². The van der Waals surface area contributed by atoms with Crippen LogP contribution in [0.5, 0.6) is 5.75 Å². The number of anilines is 2. The minimum atomic E-state index is -0.882. The molecule has 0 heterocycles. The first-order valence-corrected chi connectivity index (χ1v) is 11.0. The van der Waals surface area contributed by atoms with Gasteiger partial charge in [-0.05, 0) is 86.3 Å². The zero-order valence-electron chi connectivity index (χ0n) is 20.1. The molecule has 0 bridgehead atoms. The fourth-order valence-corrected chi connectivity index (χ4v) is 3.48. The summed E-state index contributed by atoms with van der Waals surface area (Å²) in [6.07, 6.45) is 1.40. The number of carbonyl (C=O) groups excluding carboxylic acids is 3. The summed E-state index contributed by atoms with van der Waals surface area (Å²) in [6, 6.07) is 17.9. The summed E-state index contributed by atoms with van der Waals surface area (Å²) in [4.78, 5) is 36.2. The highest BCUT2D eigenvalue weighted by Crippen LogP contribution is 2.22. The van der Waals surface area contributed by atoms with Gasteiger partial charge in [0, 0.05) is 11.4 Å². The van der Waals surface area contributed by atoms with Crippen LogP contribution in [0, 0.1) is 27.7 Å². The molecule has 3 rings (SSSR count). The number of amides is 3. The third-order valence-corrected chi connectivity index (χ3v) is 5.05. The van der Waals surface area contributed by atoms with Gasteiger partial charge in [0.15, 0.2) is 6.61 Å². The zero-order chi connectivity index (χ0) is 25.4. The quantitative estimate of drug-likeness (QED) is 0.274. The van der Waals surface area contributed by atoms with Crippen LogP contribution >= 0.6 is 0 Å². The molecular weight excluding hydrogens is 444 g/mol. The molecule has 0 aliphatic rings. The summed E-state index contributed by atoms with van der Waals surface area (Å²) in [5.74, 6) is -1.44. The van der Waals surface area contributed by atoms with Crippen molar-refractivity contribution in [2.45, 2.75) is 27.7 Å². The van der Waals surface area contributed by atoms with Gasteiger partial charge in [-0.3, -0.25) is 14.4 Å². The summed E-state index contributed by atoms with van der Waals surface area (Å²) in [5, 5.41) is 9.21. The standard InChI is InChI=1S/C27H28N4O4/c1-17-6-5-7-22(14-17)29-26(33)27(34)31-28-15-21-8-10-23(11-9-21)35-16-24(32)30-25-19(3)12-18(2)13-20(25)4/h5-15H,16H2,1-4H3,(H,29,33)(H,30,32)(H,31,34)/b28-15-. The van der Waals surface area contributed by atoms with E-state index in [4.69, 9.17) is 4.74 Å². The number of ether oxygens (including phenoxy) is 1. The minimum Gasteiger partial charge on any atom is -0.484 e. The molecule has 0 spiro atoms. The van der Waals surface area contributed by atoms with Crippen molar-refractivity contribution in [3.05, 3.63) is 88.5 Å². The highest BCUT2D eigenvalue weighted by atomic mass is 16.5. The van der Waals surface area contributed by atoms with Crippen molar-refractivity contribution in [1.29, 1.82) is 0 Å². The maximum atomic E-state index is 12.3. The van der Waals surface area contributed by atoms with Gasteiger partial charge < -0.3 is 15.4 Å². The van der Waals surface area contributed by atoms with Gasteiger partial charge in [-0.1, -0.05) is 29.8 Å². The maximum absolute atomic E-state index is 12.3. The molecule has 0 saturated heterocycles. The Morgan fingerprint density at radius 1 is 0.829 bits per heavy atom. The Labute approximate surface area is 204 Å². The van der Waals surface area contributed by atoms with Gasteiger partial charge >= 0.3 is 11.8 Å². The van der Waals surface area contributed by atoms with Crippen LogP contribution in [0.1, 0.15) is 27.8 Å². The van der Waals surface area contributed by atoms with Crippen LogP contribution in [0.3, 0.4) is 0 Å². The molecule has 0 aliphatic heterocycles. The highest BCUT2D eigenvalue weighted by Gasteiger charge is 2.13. The van der Waals surface area contributed by atoms with Gasteiger partial charge in [-0.25, -0.2) is 5.43 Å². The number of hydrogen-bond donors (Lipinski definition) is 3. The van der Waals surface area contributed by atoms with Crippen LogP contribution in [0.25, 0.3) is 0 Å². The van der Waals surface area contributed by atoms with Crippen LogP contribution in [-0.4, -0.2) is 30.5 Å². The molecule has 0 aromatic heterocycles. The van der Waals surface area contributed by atoms with Gasteiger partial charge in [0.25, 0.3) is 5.91 Å². The molecule has 8 nitrogen and oxygen atoms in total. The lowest BCUT2D eigenvalue weighted by molar-refractivity contribution is -0.136. The summed E-state index contributed by atoms with van der Waals surface area (Å²) < 4.78 is 5.56. The first-order chi connectivity index (χ1) is 16.7. The van der Waals surface area contributed by atoms with Crippen LogP contribution in [0.2, 0.25) is 0 Å². The second kappa shape index (κ2) is 11.6. The highest BCUT2D eigenvalue weighted by molar-refractivity contribution is 6.39. The smallest absolute Gasteiger partial charge is 0.329 e. The summed E-state index contributed by atoms with van der Waals surface area (Å²) in [7, 11) is 0. The molecule has 0 aliphatic carbocycles. The lowest BCUT2D eigenvalue weighted by Crippen LogP contribution is -2.32. The monoisotopic (exact) mass is 472 g/mol. The maximum Gasteiger partial charge on any atom is 0.329 e. The number of nitrogens with zero attached hydrogens (tertiary/aromatic N) is 1. The molecule has 0 fully saturated rings. The summed E-state index contributed by atoms with van der Waals surface area (Å²) >= 11 is 0. The normalized spacial score (nSPS) is 10.6. The predicted octanol–water partition coefficient (Wildman–Crippen LogP) is 4.03. The number of aryl methyl sites for hydroxylation is 4. The van der Waals surface area contributed by atoms with Crippen LogP contribution in [0.15, 0.2) is 65.8 Å². The molecule has 3 N–H and O–H groups in total. The Kier molecular flexibility index (Phi) is 8.34. The van der Waals surface area contributed by atoms with Crippen molar-refractivity contribution in [3.63, 3.8) is 0 Å². The minimum absolute atomic E-state index is 0.133. The Balaban J connectivity index is 1.46. The second-order valence-corrected chi connectivity index (χ2v) is 8.20. The molecule has 0 saturated carbocycles. The number of hydrogen-bond acceptors (Lipinski definition) is 5. The average Bonchev–Trinajstić information content (AvgIpc) is 2.80. The molecule has 0 unspecified atom stereocenters. The van der Waals surface area contributed by atoms with E-state index < -0.39 is 11.8 Å². The van der Waals surface area contributed by atoms with Crippen LogP contribution in [-0.2, 0) is 14.4 Å². The second-order valence-electron chi connectivity index (χ2n) is 8.20. The Morgan fingerprint density at radius 2 is 1.51 bits per heavy atom. The van der Waals surface area contributed by atoms with Gasteiger partial charge in [0.2, 0.25) is 0 Å². The molecule has 3 amide bonds. The van der Waals surface area contributed by atoms with Crippen molar-refractivity contribution in [1.82, 2.24) is 5.43 Å². The Bertz CT molecular complexity index is 1240. The number of rotatable bonds is 7.